The van der Waals surface area contributed by atoms with Crippen LogP contribution < -0.4 is 5.32 Å². The minimum absolute atomic E-state index is 0.419. The van der Waals surface area contributed by atoms with Gasteiger partial charge in [0.1, 0.15) is 0 Å². The van der Waals surface area contributed by atoms with Crippen LogP contribution in [-0.2, 0) is 0 Å². The third-order valence-electron chi connectivity index (χ3n) is 2.34. The van der Waals surface area contributed by atoms with E-state index in [0.717, 1.165) is 18.4 Å². The summed E-state index contributed by atoms with van der Waals surface area (Å²) in [5.41, 5.74) is 1.52. The zero-order chi connectivity index (χ0) is 12.5. The second kappa shape index (κ2) is 7.27. The average Bonchev–Trinajstić information content (AvgIpc) is 2.34. The molecule has 0 saturated carbocycles. The Morgan fingerprint density at radius 2 is 1.94 bits per heavy atom. The van der Waals surface area contributed by atoms with Crippen LogP contribution in [0.1, 0.15) is 24.8 Å². The Balaban J connectivity index is 2.32. The van der Waals surface area contributed by atoms with Crippen LogP contribution in [0.15, 0.2) is 35.5 Å². The number of benzene rings is 1. The van der Waals surface area contributed by atoms with E-state index in [1.54, 1.807) is 0 Å². The van der Waals surface area contributed by atoms with Gasteiger partial charge in [-0.2, -0.15) is 0 Å². The van der Waals surface area contributed by atoms with Crippen LogP contribution >= 0.6 is 0 Å². The molecule has 5 heteroatoms. The molecule has 5 nitrogen and oxygen atoms in total. The summed E-state index contributed by atoms with van der Waals surface area (Å²) in [6.45, 7) is 0.419. The summed E-state index contributed by atoms with van der Waals surface area (Å²) in [7, 11) is 0. The number of hydrogen-bond donors (Lipinski definition) is 3. The van der Waals surface area contributed by atoms with Crippen molar-refractivity contribution in [1.29, 1.82) is 0 Å². The van der Waals surface area contributed by atoms with Gasteiger partial charge in [0.05, 0.1) is 5.71 Å². The van der Waals surface area contributed by atoms with Gasteiger partial charge in [-0.05, 0) is 24.8 Å². The van der Waals surface area contributed by atoms with Crippen LogP contribution in [0.25, 0.3) is 0 Å². The standard InChI is InChI=1S/C12H16N2O3/c15-12(16)13-9-5-4-8-11(14-17)10-6-2-1-3-7-10/h1-3,6-7,13,17H,4-5,8-9H2,(H,15,16)/b14-11+. The number of nitrogens with one attached hydrogen (secondary N) is 1. The molecular formula is C12H16N2O3. The van der Waals surface area contributed by atoms with Gasteiger partial charge in [-0.1, -0.05) is 35.5 Å². The van der Waals surface area contributed by atoms with Crippen LogP contribution in [0, 0.1) is 0 Å². The van der Waals surface area contributed by atoms with E-state index < -0.39 is 6.09 Å². The molecule has 0 unspecified atom stereocenters. The molecule has 0 heterocycles. The highest BCUT2D eigenvalue weighted by molar-refractivity contribution is 6.00. The number of unbranched alkanes of at least 4 members (excludes halogenated alkanes) is 1. The lowest BCUT2D eigenvalue weighted by Gasteiger charge is -2.04. The Kier molecular flexibility index (Phi) is 5.57. The summed E-state index contributed by atoms with van der Waals surface area (Å²) in [6, 6.07) is 9.42. The quantitative estimate of drug-likeness (QED) is 0.307. The molecule has 92 valence electrons. The maximum Gasteiger partial charge on any atom is 0.404 e. The van der Waals surface area contributed by atoms with Crippen molar-refractivity contribution in [3.8, 4) is 0 Å². The van der Waals surface area contributed by atoms with Crippen LogP contribution in [0.4, 0.5) is 4.79 Å². The first-order valence-corrected chi connectivity index (χ1v) is 5.47. The summed E-state index contributed by atoms with van der Waals surface area (Å²) < 4.78 is 0. The molecule has 0 saturated heterocycles. The fourth-order valence-corrected chi connectivity index (χ4v) is 1.50. The largest absolute Gasteiger partial charge is 0.465 e. The Hall–Kier alpha value is -2.04. The summed E-state index contributed by atoms with van der Waals surface area (Å²) >= 11 is 0. The average molecular weight is 236 g/mol. The second-order valence-corrected chi connectivity index (χ2v) is 3.60. The van der Waals surface area contributed by atoms with E-state index in [-0.39, 0.29) is 0 Å². The first kappa shape index (κ1) is 13.0. The molecule has 0 aromatic heterocycles. The van der Waals surface area contributed by atoms with E-state index in [9.17, 15) is 4.79 Å². The summed E-state index contributed by atoms with van der Waals surface area (Å²) in [6.07, 6.45) is 1.11. The molecule has 1 amide bonds. The van der Waals surface area contributed by atoms with E-state index in [1.807, 2.05) is 30.3 Å². The minimum atomic E-state index is -1.01. The maximum absolute atomic E-state index is 10.2. The smallest absolute Gasteiger partial charge is 0.404 e. The van der Waals surface area contributed by atoms with Gasteiger partial charge in [0.15, 0.2) is 0 Å². The molecule has 0 radical (unpaired) electrons. The van der Waals surface area contributed by atoms with E-state index >= 15 is 0 Å². The fraction of sp³-hybridized carbons (Fsp3) is 0.333. The zero-order valence-electron chi connectivity index (χ0n) is 9.47. The number of carbonyl (C=O) groups is 1. The molecule has 0 spiro atoms. The SMILES string of the molecule is O=C(O)NCCCC/C(=N\O)c1ccccc1. The van der Waals surface area contributed by atoms with Gasteiger partial charge in [0.2, 0.25) is 0 Å². The van der Waals surface area contributed by atoms with E-state index in [4.69, 9.17) is 10.3 Å². The van der Waals surface area contributed by atoms with Crippen molar-refractivity contribution in [3.63, 3.8) is 0 Å². The molecule has 0 bridgehead atoms. The molecule has 0 atom stereocenters. The lowest BCUT2D eigenvalue weighted by molar-refractivity contribution is 0.194. The topological polar surface area (TPSA) is 81.9 Å². The number of rotatable bonds is 6. The monoisotopic (exact) mass is 236 g/mol. The van der Waals surface area contributed by atoms with Crippen molar-refractivity contribution in [2.24, 2.45) is 5.16 Å². The Bertz CT molecular complexity index is 377. The van der Waals surface area contributed by atoms with Gasteiger partial charge >= 0.3 is 6.09 Å². The van der Waals surface area contributed by atoms with Crippen LogP contribution in [0.2, 0.25) is 0 Å². The molecule has 17 heavy (non-hydrogen) atoms. The molecule has 1 aromatic carbocycles. The third-order valence-corrected chi connectivity index (χ3v) is 2.34. The van der Waals surface area contributed by atoms with Crippen molar-refractivity contribution >= 4 is 11.8 Å². The van der Waals surface area contributed by atoms with Crippen LogP contribution in [0.3, 0.4) is 0 Å². The maximum atomic E-state index is 10.2. The lowest BCUT2D eigenvalue weighted by Crippen LogP contribution is -2.21. The number of oxime groups is 1. The minimum Gasteiger partial charge on any atom is -0.465 e. The molecule has 0 aliphatic carbocycles. The van der Waals surface area contributed by atoms with Gasteiger partial charge in [-0.15, -0.1) is 0 Å². The molecule has 1 aromatic rings. The van der Waals surface area contributed by atoms with Gasteiger partial charge < -0.3 is 15.6 Å². The first-order chi connectivity index (χ1) is 8.24. The predicted octanol–water partition coefficient (Wildman–Crippen LogP) is 2.30. The highest BCUT2D eigenvalue weighted by Gasteiger charge is 2.03. The number of hydrogen-bond acceptors (Lipinski definition) is 3. The summed E-state index contributed by atoms with van der Waals surface area (Å²) in [5.74, 6) is 0. The van der Waals surface area contributed by atoms with Crippen molar-refractivity contribution in [2.45, 2.75) is 19.3 Å². The van der Waals surface area contributed by atoms with Gasteiger partial charge in [-0.3, -0.25) is 0 Å². The van der Waals surface area contributed by atoms with Crippen molar-refractivity contribution < 1.29 is 15.1 Å². The normalized spacial score (nSPS) is 11.2. The predicted molar refractivity (Wildman–Crippen MR) is 64.6 cm³/mol. The van der Waals surface area contributed by atoms with Crippen molar-refractivity contribution in [1.82, 2.24) is 5.32 Å². The highest BCUT2D eigenvalue weighted by Crippen LogP contribution is 2.07. The zero-order valence-corrected chi connectivity index (χ0v) is 9.47. The number of carboxylic acid groups (broad SMARTS) is 1. The molecule has 0 fully saturated rings. The van der Waals surface area contributed by atoms with Gasteiger partial charge in [-0.25, -0.2) is 4.79 Å². The molecule has 3 N–H and O–H groups in total. The van der Waals surface area contributed by atoms with Crippen LogP contribution in [-0.4, -0.2) is 28.7 Å². The first-order valence-electron chi connectivity index (χ1n) is 5.47. The molecule has 1 rings (SSSR count). The summed E-state index contributed by atoms with van der Waals surface area (Å²) in [5, 5.41) is 22.8. The Morgan fingerprint density at radius 1 is 1.24 bits per heavy atom. The number of nitrogens with zero attached hydrogens (tertiary/aromatic N) is 1. The van der Waals surface area contributed by atoms with Gasteiger partial charge in [0.25, 0.3) is 0 Å². The van der Waals surface area contributed by atoms with E-state index in [1.165, 1.54) is 0 Å². The molecule has 0 aliphatic heterocycles. The van der Waals surface area contributed by atoms with Crippen molar-refractivity contribution in [2.75, 3.05) is 6.54 Å². The molecular weight excluding hydrogens is 220 g/mol. The number of amides is 1. The van der Waals surface area contributed by atoms with E-state index in [0.29, 0.717) is 18.7 Å². The Labute approximate surface area is 99.8 Å². The van der Waals surface area contributed by atoms with Crippen molar-refractivity contribution in [3.05, 3.63) is 35.9 Å². The Morgan fingerprint density at radius 3 is 2.53 bits per heavy atom. The van der Waals surface area contributed by atoms with Crippen LogP contribution in [0.5, 0.6) is 0 Å². The third kappa shape index (κ3) is 5.01. The van der Waals surface area contributed by atoms with E-state index in [2.05, 4.69) is 10.5 Å². The summed E-state index contributed by atoms with van der Waals surface area (Å²) in [4.78, 5) is 10.2. The second-order valence-electron chi connectivity index (χ2n) is 3.60. The molecule has 0 aliphatic rings. The fourth-order valence-electron chi connectivity index (χ4n) is 1.50. The highest BCUT2D eigenvalue weighted by atomic mass is 16.4. The van der Waals surface area contributed by atoms with Gasteiger partial charge in [0, 0.05) is 6.54 Å². The lowest BCUT2D eigenvalue weighted by atomic mass is 10.0.